The Kier molecular flexibility index (Phi) is 2.66. The van der Waals surface area contributed by atoms with Gasteiger partial charge in [-0.25, -0.2) is 19.3 Å². The van der Waals surface area contributed by atoms with Crippen molar-refractivity contribution < 1.29 is 9.90 Å². The van der Waals surface area contributed by atoms with Crippen LogP contribution in [0.3, 0.4) is 0 Å². The van der Waals surface area contributed by atoms with E-state index in [0.717, 1.165) is 30.0 Å². The number of anilines is 2. The minimum absolute atomic E-state index is 0.188. The highest BCUT2D eigenvalue weighted by Gasteiger charge is 2.46. The van der Waals surface area contributed by atoms with Crippen molar-refractivity contribution >= 4 is 23.1 Å². The van der Waals surface area contributed by atoms with Gasteiger partial charge in [-0.1, -0.05) is 0 Å². The largest absolute Gasteiger partial charge is 0.478 e. The summed E-state index contributed by atoms with van der Waals surface area (Å²) in [5, 5.41) is 13.5. The van der Waals surface area contributed by atoms with Gasteiger partial charge >= 0.3 is 11.7 Å². The molecular formula is C17H15N5O3. The number of aromatic nitrogens is 4. The van der Waals surface area contributed by atoms with Gasteiger partial charge in [0.15, 0.2) is 5.65 Å². The first kappa shape index (κ1) is 14.2. The lowest BCUT2D eigenvalue weighted by molar-refractivity contribution is 0.0696. The Bertz CT molecular complexity index is 1100. The molecule has 1 aliphatic heterocycles. The fourth-order valence-electron chi connectivity index (χ4n) is 3.71. The van der Waals surface area contributed by atoms with Crippen LogP contribution in [0.2, 0.25) is 0 Å². The third-order valence-electron chi connectivity index (χ3n) is 5.10. The Morgan fingerprint density at radius 3 is 3.00 bits per heavy atom. The third kappa shape index (κ3) is 2.00. The molecule has 0 saturated heterocycles. The van der Waals surface area contributed by atoms with Gasteiger partial charge in [0.1, 0.15) is 5.82 Å². The molecule has 3 aromatic rings. The molecule has 126 valence electrons. The lowest BCUT2D eigenvalue weighted by atomic mass is 10.0. The van der Waals surface area contributed by atoms with Crippen LogP contribution in [0, 0.1) is 5.92 Å². The van der Waals surface area contributed by atoms with E-state index in [1.54, 1.807) is 19.3 Å². The number of pyridine rings is 2. The minimum Gasteiger partial charge on any atom is -0.478 e. The van der Waals surface area contributed by atoms with Crippen molar-refractivity contribution in [3.05, 3.63) is 52.2 Å². The standard InChI is InChI=1S/C17H15N5O3/c1-20-17(25)21-3-2-11(6-14(21)19-20)22-8-10-5-12(10)13-4-9(16(23)24)7-18-15(13)22/h2-4,6-7,10,12H,5,8H2,1H3,(H,23,24). The maximum absolute atomic E-state index is 12.0. The van der Waals surface area contributed by atoms with Gasteiger partial charge in [-0.05, 0) is 36.0 Å². The van der Waals surface area contributed by atoms with Crippen LogP contribution < -0.4 is 10.6 Å². The number of hydrogen-bond acceptors (Lipinski definition) is 5. The van der Waals surface area contributed by atoms with Crippen LogP contribution in [0.25, 0.3) is 5.65 Å². The number of rotatable bonds is 2. The molecule has 3 aromatic heterocycles. The van der Waals surface area contributed by atoms with Crippen LogP contribution in [-0.4, -0.2) is 36.8 Å². The highest BCUT2D eigenvalue weighted by Crippen LogP contribution is 2.55. The normalized spacial score (nSPS) is 21.1. The summed E-state index contributed by atoms with van der Waals surface area (Å²) in [4.78, 5) is 29.7. The summed E-state index contributed by atoms with van der Waals surface area (Å²) < 4.78 is 2.80. The number of fused-ring (bicyclic) bond motifs is 4. The zero-order valence-electron chi connectivity index (χ0n) is 13.5. The average molecular weight is 337 g/mol. The second kappa shape index (κ2) is 4.69. The molecule has 0 radical (unpaired) electrons. The van der Waals surface area contributed by atoms with Gasteiger partial charge in [0.05, 0.1) is 5.56 Å². The molecule has 0 amide bonds. The van der Waals surface area contributed by atoms with Crippen molar-refractivity contribution in [1.29, 1.82) is 0 Å². The molecule has 8 heteroatoms. The topological polar surface area (TPSA) is 92.7 Å². The molecule has 2 aliphatic rings. The van der Waals surface area contributed by atoms with E-state index in [9.17, 15) is 14.7 Å². The Hall–Kier alpha value is -3.16. The number of carboxylic acid groups (broad SMARTS) is 1. The van der Waals surface area contributed by atoms with Gasteiger partial charge < -0.3 is 10.0 Å². The van der Waals surface area contributed by atoms with Gasteiger partial charge in [-0.3, -0.25) is 4.40 Å². The fourth-order valence-corrected chi connectivity index (χ4v) is 3.71. The van der Waals surface area contributed by atoms with E-state index in [1.165, 1.54) is 15.3 Å². The summed E-state index contributed by atoms with van der Waals surface area (Å²) in [6, 6.07) is 5.47. The summed E-state index contributed by atoms with van der Waals surface area (Å²) >= 11 is 0. The van der Waals surface area contributed by atoms with Gasteiger partial charge in [-0.15, -0.1) is 0 Å². The van der Waals surface area contributed by atoms with E-state index in [0.29, 0.717) is 17.5 Å². The second-order valence-corrected chi connectivity index (χ2v) is 6.67. The quantitative estimate of drug-likeness (QED) is 0.759. The van der Waals surface area contributed by atoms with Gasteiger partial charge in [0.25, 0.3) is 0 Å². The third-order valence-corrected chi connectivity index (χ3v) is 5.10. The maximum Gasteiger partial charge on any atom is 0.350 e. The molecule has 4 heterocycles. The molecule has 25 heavy (non-hydrogen) atoms. The van der Waals surface area contributed by atoms with Gasteiger partial charge in [0.2, 0.25) is 0 Å². The van der Waals surface area contributed by atoms with Crippen molar-refractivity contribution in [2.45, 2.75) is 12.3 Å². The van der Waals surface area contributed by atoms with Crippen LogP contribution in [0.4, 0.5) is 11.5 Å². The lowest BCUT2D eigenvalue weighted by Crippen LogP contribution is -2.26. The van der Waals surface area contributed by atoms with Crippen molar-refractivity contribution in [2.24, 2.45) is 13.0 Å². The average Bonchev–Trinajstić information content (AvgIpc) is 3.34. The fraction of sp³-hybridized carbons (Fsp3) is 0.294. The molecule has 8 nitrogen and oxygen atoms in total. The Morgan fingerprint density at radius 2 is 2.20 bits per heavy atom. The molecular weight excluding hydrogens is 322 g/mol. The van der Waals surface area contributed by atoms with Crippen molar-refractivity contribution in [1.82, 2.24) is 19.2 Å². The smallest absolute Gasteiger partial charge is 0.350 e. The summed E-state index contributed by atoms with van der Waals surface area (Å²) in [5.41, 5.74) is 2.51. The molecule has 1 aliphatic carbocycles. The predicted molar refractivity (Wildman–Crippen MR) is 89.5 cm³/mol. The van der Waals surface area contributed by atoms with Gasteiger partial charge in [-0.2, -0.15) is 5.10 Å². The van der Waals surface area contributed by atoms with Crippen LogP contribution in [0.5, 0.6) is 0 Å². The number of carboxylic acids is 1. The molecule has 1 saturated carbocycles. The predicted octanol–water partition coefficient (Wildman–Crippen LogP) is 1.38. The Morgan fingerprint density at radius 1 is 1.36 bits per heavy atom. The van der Waals surface area contributed by atoms with Gasteiger partial charge in [0, 0.05) is 37.7 Å². The number of nitrogens with zero attached hydrogens (tertiary/aromatic N) is 5. The zero-order chi connectivity index (χ0) is 17.3. The van der Waals surface area contributed by atoms with Crippen LogP contribution in [0.15, 0.2) is 35.4 Å². The van der Waals surface area contributed by atoms with E-state index in [2.05, 4.69) is 15.0 Å². The first-order valence-corrected chi connectivity index (χ1v) is 8.09. The van der Waals surface area contributed by atoms with Crippen molar-refractivity contribution in [2.75, 3.05) is 11.4 Å². The Balaban J connectivity index is 1.64. The molecule has 0 aromatic carbocycles. The highest BCUT2D eigenvalue weighted by molar-refractivity contribution is 5.88. The van der Waals surface area contributed by atoms with E-state index >= 15 is 0 Å². The van der Waals surface area contributed by atoms with E-state index in [4.69, 9.17) is 0 Å². The van der Waals surface area contributed by atoms with Crippen molar-refractivity contribution in [3.63, 3.8) is 0 Å². The molecule has 0 spiro atoms. The highest BCUT2D eigenvalue weighted by atomic mass is 16.4. The van der Waals surface area contributed by atoms with E-state index in [-0.39, 0.29) is 11.3 Å². The molecule has 0 bridgehead atoms. The molecule has 1 N–H and O–H groups in total. The van der Waals surface area contributed by atoms with Crippen molar-refractivity contribution in [3.8, 4) is 0 Å². The summed E-state index contributed by atoms with van der Waals surface area (Å²) in [6.45, 7) is 0.838. The van der Waals surface area contributed by atoms with Crippen LogP contribution in [-0.2, 0) is 7.05 Å². The molecule has 2 unspecified atom stereocenters. The molecule has 5 rings (SSSR count). The minimum atomic E-state index is -0.959. The number of aromatic carboxylic acids is 1. The summed E-state index contributed by atoms with van der Waals surface area (Å²) in [7, 11) is 1.62. The van der Waals surface area contributed by atoms with E-state index < -0.39 is 5.97 Å². The molecule has 2 atom stereocenters. The van der Waals surface area contributed by atoms with E-state index in [1.807, 2.05) is 12.1 Å². The Labute approximate surface area is 141 Å². The number of carbonyl (C=O) groups is 1. The summed E-state index contributed by atoms with van der Waals surface area (Å²) in [5.74, 6) is 0.755. The lowest BCUT2D eigenvalue weighted by Gasteiger charge is -2.29. The van der Waals surface area contributed by atoms with Crippen LogP contribution >= 0.6 is 0 Å². The summed E-state index contributed by atoms with van der Waals surface area (Å²) in [6.07, 6.45) is 4.17. The zero-order valence-corrected chi connectivity index (χ0v) is 13.5. The van der Waals surface area contributed by atoms with Crippen LogP contribution in [0.1, 0.15) is 28.3 Å². The number of aryl methyl sites for hydroxylation is 1. The molecule has 1 fully saturated rings. The first-order valence-electron chi connectivity index (χ1n) is 8.09. The number of hydrogen-bond donors (Lipinski definition) is 1. The SMILES string of the molecule is Cn1nc2cc(N3CC4CC4c4cc(C(=O)O)cnc43)ccn2c1=O. The maximum atomic E-state index is 12.0. The monoisotopic (exact) mass is 337 g/mol. The first-order chi connectivity index (χ1) is 12.0. The second-order valence-electron chi connectivity index (χ2n) is 6.67.